The van der Waals surface area contributed by atoms with Gasteiger partial charge < -0.3 is 30.5 Å². The number of hydrogen-bond acceptors (Lipinski definition) is 5. The highest BCUT2D eigenvalue weighted by atomic mass is 35.5. The molecule has 9 heteroatoms. The lowest BCUT2D eigenvalue weighted by Gasteiger charge is -2.27. The molecule has 32 heavy (non-hydrogen) atoms. The molecule has 2 amide bonds. The van der Waals surface area contributed by atoms with Crippen LogP contribution in [0.15, 0.2) is 54.6 Å². The molecule has 2 heterocycles. The van der Waals surface area contributed by atoms with E-state index in [2.05, 4.69) is 10.3 Å². The number of fused-ring (bicyclic) bond motifs is 1. The van der Waals surface area contributed by atoms with E-state index in [0.717, 1.165) is 16.5 Å². The van der Waals surface area contributed by atoms with Crippen molar-refractivity contribution in [2.24, 2.45) is 0 Å². The standard InChI is InChI=1S/C23H24ClN3O5/c24-15-6-7-16-14(9-15)10-18(25-16)22(31)26-17(8-13-4-2-1-3-5-13)21(30)23(32)27-11-19(28)20(29)12-27/h1-7,9-10,17,19-21,25,28-30H,8,11-12H2,(H,26,31)/t17-,19+,20+,21?/m0/s1. The van der Waals surface area contributed by atoms with E-state index < -0.39 is 36.2 Å². The smallest absolute Gasteiger partial charge is 0.268 e. The van der Waals surface area contributed by atoms with E-state index in [0.29, 0.717) is 5.02 Å². The summed E-state index contributed by atoms with van der Waals surface area (Å²) in [5, 5.41) is 34.4. The van der Waals surface area contributed by atoms with Crippen molar-refractivity contribution in [2.45, 2.75) is 30.8 Å². The lowest BCUT2D eigenvalue weighted by Crippen LogP contribution is -2.52. The van der Waals surface area contributed by atoms with Gasteiger partial charge in [0.15, 0.2) is 6.10 Å². The van der Waals surface area contributed by atoms with E-state index in [-0.39, 0.29) is 25.2 Å². The van der Waals surface area contributed by atoms with Crippen LogP contribution in [0.4, 0.5) is 0 Å². The van der Waals surface area contributed by atoms with Gasteiger partial charge in [-0.1, -0.05) is 41.9 Å². The van der Waals surface area contributed by atoms with Crippen LogP contribution in [0.3, 0.4) is 0 Å². The maximum atomic E-state index is 13.0. The van der Waals surface area contributed by atoms with Gasteiger partial charge in [0, 0.05) is 29.0 Å². The molecule has 3 aromatic rings. The highest BCUT2D eigenvalue weighted by Gasteiger charge is 2.38. The van der Waals surface area contributed by atoms with Crippen molar-refractivity contribution in [3.63, 3.8) is 0 Å². The fraction of sp³-hybridized carbons (Fsp3) is 0.304. The van der Waals surface area contributed by atoms with Crippen molar-refractivity contribution in [3.05, 3.63) is 70.9 Å². The number of aliphatic hydroxyl groups excluding tert-OH is 3. The second-order valence-electron chi connectivity index (χ2n) is 8.01. The Balaban J connectivity index is 1.55. The third-order valence-electron chi connectivity index (χ3n) is 5.65. The molecule has 5 N–H and O–H groups in total. The summed E-state index contributed by atoms with van der Waals surface area (Å²) in [4.78, 5) is 30.0. The zero-order chi connectivity index (χ0) is 22.8. The molecule has 0 spiro atoms. The van der Waals surface area contributed by atoms with Crippen molar-refractivity contribution in [3.8, 4) is 0 Å². The molecule has 0 saturated carbocycles. The van der Waals surface area contributed by atoms with E-state index in [9.17, 15) is 24.9 Å². The Morgan fingerprint density at radius 3 is 2.47 bits per heavy atom. The first-order valence-corrected chi connectivity index (χ1v) is 10.7. The highest BCUT2D eigenvalue weighted by molar-refractivity contribution is 6.31. The molecule has 0 bridgehead atoms. The molecular formula is C23H24ClN3O5. The van der Waals surface area contributed by atoms with Gasteiger partial charge in [0.1, 0.15) is 5.69 Å². The fourth-order valence-electron chi connectivity index (χ4n) is 3.89. The number of aliphatic hydroxyl groups is 3. The first-order chi connectivity index (χ1) is 15.3. The first-order valence-electron chi connectivity index (χ1n) is 10.3. The number of halogens is 1. The number of hydrogen-bond donors (Lipinski definition) is 5. The predicted molar refractivity (Wildman–Crippen MR) is 119 cm³/mol. The summed E-state index contributed by atoms with van der Waals surface area (Å²) in [7, 11) is 0. The van der Waals surface area contributed by atoms with Gasteiger partial charge in [-0.15, -0.1) is 0 Å². The minimum atomic E-state index is -1.56. The molecule has 1 fully saturated rings. The SMILES string of the molecule is O=C(N[C@@H](Cc1ccccc1)C(O)C(=O)N1C[C@@H](O)[C@H](O)C1)c1cc2cc(Cl)ccc2[nH]1. The minimum absolute atomic E-state index is 0.0775. The quantitative estimate of drug-likeness (QED) is 0.379. The van der Waals surface area contributed by atoms with E-state index in [1.807, 2.05) is 30.3 Å². The number of amides is 2. The number of β-amino-alcohol motifs (C(OH)–C–C–N with tert-alkyl or cyclic N) is 2. The van der Waals surface area contributed by atoms with Crippen molar-refractivity contribution < 1.29 is 24.9 Å². The molecule has 1 unspecified atom stereocenters. The molecular weight excluding hydrogens is 434 g/mol. The molecule has 1 saturated heterocycles. The van der Waals surface area contributed by atoms with Crippen LogP contribution in [0.25, 0.3) is 10.9 Å². The molecule has 4 rings (SSSR count). The number of likely N-dealkylation sites (tertiary alicyclic amines) is 1. The second-order valence-corrected chi connectivity index (χ2v) is 8.44. The summed E-state index contributed by atoms with van der Waals surface area (Å²) in [6, 6.07) is 15.1. The Hall–Kier alpha value is -2.91. The van der Waals surface area contributed by atoms with Gasteiger partial charge in [-0.25, -0.2) is 0 Å². The maximum Gasteiger partial charge on any atom is 0.268 e. The number of aromatic nitrogens is 1. The topological polar surface area (TPSA) is 126 Å². The Morgan fingerprint density at radius 2 is 1.78 bits per heavy atom. The van der Waals surface area contributed by atoms with Gasteiger partial charge in [-0.3, -0.25) is 9.59 Å². The molecule has 1 aromatic heterocycles. The predicted octanol–water partition coefficient (Wildman–Crippen LogP) is 1.09. The zero-order valence-electron chi connectivity index (χ0n) is 17.1. The van der Waals surface area contributed by atoms with Crippen LogP contribution < -0.4 is 5.32 Å². The third-order valence-corrected chi connectivity index (χ3v) is 5.88. The number of aromatic amines is 1. The summed E-state index contributed by atoms with van der Waals surface area (Å²) >= 11 is 6.02. The van der Waals surface area contributed by atoms with Gasteiger partial charge in [-0.05, 0) is 36.2 Å². The molecule has 8 nitrogen and oxygen atoms in total. The number of H-pyrrole nitrogens is 1. The number of carbonyl (C=O) groups excluding carboxylic acids is 2. The summed E-state index contributed by atoms with van der Waals surface area (Å²) in [6.45, 7) is -0.155. The van der Waals surface area contributed by atoms with Crippen LogP contribution in [-0.4, -0.2) is 74.5 Å². The van der Waals surface area contributed by atoms with E-state index in [4.69, 9.17) is 11.6 Å². The average molecular weight is 458 g/mol. The Bertz CT molecular complexity index is 1110. The first kappa shape index (κ1) is 22.3. The van der Waals surface area contributed by atoms with Gasteiger partial charge in [-0.2, -0.15) is 0 Å². The fourth-order valence-corrected chi connectivity index (χ4v) is 4.07. The van der Waals surface area contributed by atoms with Crippen molar-refractivity contribution >= 4 is 34.3 Å². The van der Waals surface area contributed by atoms with Gasteiger partial charge in [0.2, 0.25) is 0 Å². The lowest BCUT2D eigenvalue weighted by molar-refractivity contribution is -0.141. The molecule has 168 valence electrons. The van der Waals surface area contributed by atoms with Crippen molar-refractivity contribution in [1.29, 1.82) is 0 Å². The van der Waals surface area contributed by atoms with Crippen LogP contribution in [0.5, 0.6) is 0 Å². The Labute approximate surface area is 189 Å². The Morgan fingerprint density at radius 1 is 1.09 bits per heavy atom. The van der Waals surface area contributed by atoms with Crippen LogP contribution in [0, 0.1) is 0 Å². The van der Waals surface area contributed by atoms with Crippen LogP contribution in [-0.2, 0) is 11.2 Å². The second kappa shape index (κ2) is 9.30. The number of benzene rings is 2. The van der Waals surface area contributed by atoms with E-state index in [1.165, 1.54) is 4.90 Å². The van der Waals surface area contributed by atoms with Gasteiger partial charge >= 0.3 is 0 Å². The van der Waals surface area contributed by atoms with E-state index in [1.54, 1.807) is 24.3 Å². The molecule has 1 aliphatic heterocycles. The molecule has 0 aliphatic carbocycles. The maximum absolute atomic E-state index is 13.0. The number of nitrogens with one attached hydrogen (secondary N) is 2. The lowest BCUT2D eigenvalue weighted by atomic mass is 10.00. The van der Waals surface area contributed by atoms with Gasteiger partial charge in [0.25, 0.3) is 11.8 Å². The highest BCUT2D eigenvalue weighted by Crippen LogP contribution is 2.21. The number of carbonyl (C=O) groups is 2. The largest absolute Gasteiger partial charge is 0.388 e. The normalized spacial score (nSPS) is 20.3. The summed E-state index contributed by atoms with van der Waals surface area (Å²) in [5.41, 5.74) is 1.83. The monoisotopic (exact) mass is 457 g/mol. The van der Waals surface area contributed by atoms with Crippen molar-refractivity contribution in [1.82, 2.24) is 15.2 Å². The third kappa shape index (κ3) is 4.78. The van der Waals surface area contributed by atoms with Gasteiger partial charge in [0.05, 0.1) is 18.2 Å². The van der Waals surface area contributed by atoms with E-state index >= 15 is 0 Å². The summed E-state index contributed by atoms with van der Waals surface area (Å²) in [6.07, 6.45) is -3.47. The molecule has 0 radical (unpaired) electrons. The zero-order valence-corrected chi connectivity index (χ0v) is 17.9. The summed E-state index contributed by atoms with van der Waals surface area (Å²) in [5.74, 6) is -1.14. The van der Waals surface area contributed by atoms with Crippen LogP contribution in [0.1, 0.15) is 16.1 Å². The average Bonchev–Trinajstić information content (AvgIpc) is 3.35. The Kier molecular flexibility index (Phi) is 6.48. The number of rotatable bonds is 6. The molecule has 1 aliphatic rings. The van der Waals surface area contributed by atoms with Crippen molar-refractivity contribution in [2.75, 3.05) is 13.1 Å². The van der Waals surface area contributed by atoms with Crippen LogP contribution >= 0.6 is 11.6 Å². The molecule has 2 aromatic carbocycles. The summed E-state index contributed by atoms with van der Waals surface area (Å²) < 4.78 is 0. The van der Waals surface area contributed by atoms with Crippen LogP contribution in [0.2, 0.25) is 5.02 Å². The molecule has 4 atom stereocenters. The minimum Gasteiger partial charge on any atom is -0.388 e. The number of nitrogens with zero attached hydrogens (tertiary/aromatic N) is 1.